The van der Waals surface area contributed by atoms with Crippen molar-refractivity contribution in [3.05, 3.63) is 113 Å². The largest absolute Gasteiger partial charge is 0.462 e. The summed E-state index contributed by atoms with van der Waals surface area (Å²) in [7, 11) is 0. The molecule has 5 rings (SSSR count). The second-order valence-corrected chi connectivity index (χ2v) is 10.1. The zero-order valence-corrected chi connectivity index (χ0v) is 20.8. The first-order valence-electron chi connectivity index (χ1n) is 11.4. The van der Waals surface area contributed by atoms with Crippen LogP contribution < -0.4 is 0 Å². The molecule has 0 aliphatic carbocycles. The zero-order chi connectivity index (χ0) is 24.2. The lowest BCUT2D eigenvalue weighted by Gasteiger charge is -2.04. The number of esters is 1. The molecule has 0 atom stereocenters. The van der Waals surface area contributed by atoms with E-state index in [0.29, 0.717) is 21.4 Å². The summed E-state index contributed by atoms with van der Waals surface area (Å²) in [5.41, 5.74) is 3.81. The smallest absolute Gasteiger partial charge is 0.341 e. The Morgan fingerprint density at radius 2 is 1.69 bits per heavy atom. The molecule has 0 saturated carbocycles. The van der Waals surface area contributed by atoms with Crippen LogP contribution in [0.2, 0.25) is 0 Å². The Morgan fingerprint density at radius 3 is 2.43 bits per heavy atom. The van der Waals surface area contributed by atoms with Crippen LogP contribution in [0.1, 0.15) is 38.1 Å². The summed E-state index contributed by atoms with van der Waals surface area (Å²) >= 11 is 3.11. The van der Waals surface area contributed by atoms with Crippen molar-refractivity contribution in [1.82, 2.24) is 4.40 Å². The molecule has 0 saturated heterocycles. The molecule has 0 N–H and O–H groups in total. The van der Waals surface area contributed by atoms with Crippen molar-refractivity contribution in [2.45, 2.75) is 11.1 Å². The minimum absolute atomic E-state index is 0.0891. The van der Waals surface area contributed by atoms with Gasteiger partial charge in [0.2, 0.25) is 5.78 Å². The fourth-order valence-corrected chi connectivity index (χ4v) is 6.45. The highest BCUT2D eigenvalue weighted by molar-refractivity contribution is 8.01. The molecule has 0 radical (unpaired) electrons. The number of fused-ring (bicyclic) bond motifs is 3. The van der Waals surface area contributed by atoms with E-state index in [2.05, 4.69) is 24.3 Å². The quantitative estimate of drug-likeness (QED) is 0.128. The highest BCUT2D eigenvalue weighted by atomic mass is 32.2. The zero-order valence-electron chi connectivity index (χ0n) is 19.1. The number of hydrogen-bond acceptors (Lipinski definition) is 5. The van der Waals surface area contributed by atoms with Gasteiger partial charge in [-0.2, -0.15) is 0 Å². The lowest BCUT2D eigenvalue weighted by Crippen LogP contribution is -2.06. The number of aromatic nitrogens is 1. The van der Waals surface area contributed by atoms with E-state index < -0.39 is 5.97 Å². The molecule has 0 amide bonds. The van der Waals surface area contributed by atoms with Crippen LogP contribution in [-0.2, 0) is 4.74 Å². The number of thiophene rings is 1. The molecule has 4 nitrogen and oxygen atoms in total. The Hall–Kier alpha value is -3.61. The van der Waals surface area contributed by atoms with E-state index in [4.69, 9.17) is 4.74 Å². The minimum atomic E-state index is -0.411. The van der Waals surface area contributed by atoms with Crippen molar-refractivity contribution < 1.29 is 14.3 Å². The number of hydrogen-bond donors (Lipinski definition) is 0. The number of pyridine rings is 1. The Bertz CT molecular complexity index is 1530. The molecule has 0 aliphatic heterocycles. The standard InChI is InChI=1S/C29H23NO3S2/c1-2-33-28(32)23-22-17-9-10-18-30(22)25-24(23)27(26(31)21-15-7-4-8-16-21)35-29(25)34-19-11-14-20-12-5-3-6-13-20/h3-18H,2,19H2,1H3/b14-11+. The first-order chi connectivity index (χ1) is 17.2. The molecule has 0 fully saturated rings. The lowest BCUT2D eigenvalue weighted by molar-refractivity contribution is 0.0531. The van der Waals surface area contributed by atoms with E-state index in [9.17, 15) is 9.59 Å². The van der Waals surface area contributed by atoms with Crippen molar-refractivity contribution in [2.75, 3.05) is 12.4 Å². The Labute approximate surface area is 211 Å². The van der Waals surface area contributed by atoms with Crippen LogP contribution in [0.3, 0.4) is 0 Å². The van der Waals surface area contributed by atoms with E-state index in [1.54, 1.807) is 18.7 Å². The highest BCUT2D eigenvalue weighted by Gasteiger charge is 2.29. The van der Waals surface area contributed by atoms with Crippen LogP contribution in [0, 0.1) is 0 Å². The van der Waals surface area contributed by atoms with Gasteiger partial charge in [-0.05, 0) is 24.6 Å². The van der Waals surface area contributed by atoms with E-state index in [0.717, 1.165) is 26.6 Å². The predicted molar refractivity (Wildman–Crippen MR) is 145 cm³/mol. The summed E-state index contributed by atoms with van der Waals surface area (Å²) in [6, 6.07) is 25.1. The van der Waals surface area contributed by atoms with Crippen molar-refractivity contribution in [2.24, 2.45) is 0 Å². The predicted octanol–water partition coefficient (Wildman–Crippen LogP) is 7.37. The number of benzene rings is 2. The van der Waals surface area contributed by atoms with Gasteiger partial charge in [0, 0.05) is 22.9 Å². The third kappa shape index (κ3) is 4.55. The molecule has 5 aromatic rings. The maximum atomic E-state index is 13.6. The Balaban J connectivity index is 1.64. The van der Waals surface area contributed by atoms with Gasteiger partial charge in [-0.1, -0.05) is 78.9 Å². The van der Waals surface area contributed by atoms with Gasteiger partial charge in [-0.25, -0.2) is 4.79 Å². The molecule has 35 heavy (non-hydrogen) atoms. The summed E-state index contributed by atoms with van der Waals surface area (Å²) in [5.74, 6) is 0.235. The van der Waals surface area contributed by atoms with Crippen LogP contribution in [0.5, 0.6) is 0 Å². The van der Waals surface area contributed by atoms with Crippen molar-refractivity contribution >= 4 is 57.3 Å². The SMILES string of the molecule is CCOC(=O)c1c2c(C(=O)c3ccccc3)sc(SC/C=C/c3ccccc3)c2n2ccccc12. The molecule has 0 spiro atoms. The maximum Gasteiger partial charge on any atom is 0.341 e. The van der Waals surface area contributed by atoms with E-state index in [1.807, 2.05) is 77.3 Å². The minimum Gasteiger partial charge on any atom is -0.462 e. The maximum absolute atomic E-state index is 13.6. The van der Waals surface area contributed by atoms with Crippen LogP contribution in [0.4, 0.5) is 0 Å². The number of ketones is 1. The summed E-state index contributed by atoms with van der Waals surface area (Å²) in [6.07, 6.45) is 6.15. The average molecular weight is 498 g/mol. The average Bonchev–Trinajstić information content (AvgIpc) is 3.43. The van der Waals surface area contributed by atoms with Crippen molar-refractivity contribution in [3.63, 3.8) is 0 Å². The molecule has 0 unspecified atom stereocenters. The molecule has 0 aliphatic rings. The molecular weight excluding hydrogens is 474 g/mol. The first kappa shape index (κ1) is 23.1. The van der Waals surface area contributed by atoms with Gasteiger partial charge in [-0.15, -0.1) is 23.1 Å². The Morgan fingerprint density at radius 1 is 0.971 bits per heavy atom. The highest BCUT2D eigenvalue weighted by Crippen LogP contribution is 2.43. The fraction of sp³-hybridized carbons (Fsp3) is 0.103. The van der Waals surface area contributed by atoms with E-state index in [-0.39, 0.29) is 12.4 Å². The summed E-state index contributed by atoms with van der Waals surface area (Å²) in [5, 5.41) is 0.669. The van der Waals surface area contributed by atoms with Gasteiger partial charge >= 0.3 is 5.97 Å². The van der Waals surface area contributed by atoms with Crippen LogP contribution in [-0.4, -0.2) is 28.5 Å². The number of carbonyl (C=O) groups excluding carboxylic acids is 2. The second kappa shape index (κ2) is 10.3. The number of carbonyl (C=O) groups is 2. The third-order valence-electron chi connectivity index (χ3n) is 5.60. The molecule has 0 bridgehead atoms. The summed E-state index contributed by atoms with van der Waals surface area (Å²) in [4.78, 5) is 27.3. The molecule has 3 aromatic heterocycles. The van der Waals surface area contributed by atoms with Gasteiger partial charge in [0.05, 0.1) is 32.3 Å². The van der Waals surface area contributed by atoms with Gasteiger partial charge in [-0.3, -0.25) is 4.79 Å². The summed E-state index contributed by atoms with van der Waals surface area (Å²) in [6.45, 7) is 2.06. The first-order valence-corrected chi connectivity index (χ1v) is 13.2. The number of thioether (sulfide) groups is 1. The van der Waals surface area contributed by atoms with Gasteiger partial charge in [0.15, 0.2) is 0 Å². The second-order valence-electron chi connectivity index (χ2n) is 7.81. The van der Waals surface area contributed by atoms with E-state index >= 15 is 0 Å². The topological polar surface area (TPSA) is 47.8 Å². The normalized spacial score (nSPS) is 11.5. The van der Waals surface area contributed by atoms with Gasteiger partial charge < -0.3 is 9.14 Å². The molecule has 3 heterocycles. The summed E-state index contributed by atoms with van der Waals surface area (Å²) < 4.78 is 8.42. The number of rotatable bonds is 8. The van der Waals surface area contributed by atoms with Gasteiger partial charge in [0.25, 0.3) is 0 Å². The molecular formula is C29H23NO3S2. The van der Waals surface area contributed by atoms with E-state index in [1.165, 1.54) is 11.3 Å². The van der Waals surface area contributed by atoms with Crippen LogP contribution >= 0.6 is 23.1 Å². The number of ether oxygens (including phenoxy) is 1. The Kier molecular flexibility index (Phi) is 6.84. The molecule has 6 heteroatoms. The fourth-order valence-electron chi connectivity index (χ4n) is 4.08. The molecule has 174 valence electrons. The lowest BCUT2D eigenvalue weighted by atomic mass is 10.1. The van der Waals surface area contributed by atoms with Crippen LogP contribution in [0.15, 0.2) is 95.3 Å². The van der Waals surface area contributed by atoms with Crippen molar-refractivity contribution in [3.8, 4) is 0 Å². The third-order valence-corrected chi connectivity index (χ3v) is 7.99. The van der Waals surface area contributed by atoms with Crippen molar-refractivity contribution in [1.29, 1.82) is 0 Å². The van der Waals surface area contributed by atoms with Crippen LogP contribution in [0.25, 0.3) is 22.5 Å². The monoisotopic (exact) mass is 497 g/mol. The number of nitrogens with zero attached hydrogens (tertiary/aromatic N) is 1. The van der Waals surface area contributed by atoms with Gasteiger partial charge in [0.1, 0.15) is 0 Å². The molecule has 2 aromatic carbocycles.